The maximum absolute atomic E-state index is 12.0. The maximum Gasteiger partial charge on any atom is 0.309 e. The van der Waals surface area contributed by atoms with Gasteiger partial charge in [0.05, 0.1) is 11.5 Å². The molecule has 2 N–H and O–H groups in total. The number of hydrogen-bond donors (Lipinski definition) is 2. The van der Waals surface area contributed by atoms with Crippen LogP contribution >= 0.6 is 0 Å². The largest absolute Gasteiger partial charge is 0.481 e. The zero-order chi connectivity index (χ0) is 16.3. The Hall–Kier alpha value is -2.36. The molecule has 1 unspecified atom stereocenters. The first-order valence-electron chi connectivity index (χ1n) is 7.31. The average molecular weight is 299 g/mol. The van der Waals surface area contributed by atoms with Crippen LogP contribution in [-0.4, -0.2) is 17.0 Å². The highest BCUT2D eigenvalue weighted by molar-refractivity contribution is 5.85. The van der Waals surface area contributed by atoms with Crippen LogP contribution in [0.3, 0.4) is 0 Å². The lowest BCUT2D eigenvalue weighted by Gasteiger charge is -2.21. The molecule has 0 saturated heterocycles. The summed E-state index contributed by atoms with van der Waals surface area (Å²) < 4.78 is 0. The van der Waals surface area contributed by atoms with Gasteiger partial charge >= 0.3 is 5.97 Å². The van der Waals surface area contributed by atoms with Crippen molar-refractivity contribution in [1.29, 1.82) is 0 Å². The van der Waals surface area contributed by atoms with E-state index in [1.165, 1.54) is 0 Å². The Morgan fingerprint density at radius 1 is 1.14 bits per heavy atom. The molecule has 4 heteroatoms. The van der Waals surface area contributed by atoms with E-state index in [1.807, 2.05) is 49.4 Å². The summed E-state index contributed by atoms with van der Waals surface area (Å²) in [5.74, 6) is -1.23. The van der Waals surface area contributed by atoms with Crippen molar-refractivity contribution in [2.75, 3.05) is 0 Å². The van der Waals surface area contributed by atoms with Crippen molar-refractivity contribution in [2.45, 2.75) is 33.2 Å². The number of aliphatic carboxylic acids is 1. The molecule has 4 nitrogen and oxygen atoms in total. The molecular weight excluding hydrogens is 278 g/mol. The predicted octanol–water partition coefficient (Wildman–Crippen LogP) is 3.52. The van der Waals surface area contributed by atoms with Gasteiger partial charge in [-0.3, -0.25) is 9.59 Å². The molecule has 0 saturated carbocycles. The molecule has 2 aromatic carbocycles. The number of rotatable bonds is 5. The van der Waals surface area contributed by atoms with E-state index in [9.17, 15) is 9.59 Å². The van der Waals surface area contributed by atoms with E-state index in [4.69, 9.17) is 5.11 Å². The van der Waals surface area contributed by atoms with Crippen molar-refractivity contribution in [3.63, 3.8) is 0 Å². The average Bonchev–Trinajstić information content (AvgIpc) is 2.45. The van der Waals surface area contributed by atoms with Crippen molar-refractivity contribution >= 4 is 22.6 Å². The van der Waals surface area contributed by atoms with Crippen LogP contribution < -0.4 is 5.32 Å². The second-order valence-electron chi connectivity index (χ2n) is 6.26. The van der Waals surface area contributed by atoms with Gasteiger partial charge in [0.15, 0.2) is 0 Å². The van der Waals surface area contributed by atoms with Gasteiger partial charge in [0.25, 0.3) is 0 Å². The van der Waals surface area contributed by atoms with Crippen LogP contribution in [-0.2, 0) is 9.59 Å². The van der Waals surface area contributed by atoms with Crippen LogP contribution in [0.2, 0.25) is 0 Å². The van der Waals surface area contributed by atoms with Crippen LogP contribution in [0.4, 0.5) is 0 Å². The van der Waals surface area contributed by atoms with Gasteiger partial charge in [-0.2, -0.15) is 0 Å². The van der Waals surface area contributed by atoms with E-state index in [-0.39, 0.29) is 18.4 Å². The normalized spacial score (nSPS) is 12.9. The fraction of sp³-hybridized carbons (Fsp3) is 0.333. The molecular formula is C18H21NO3. The molecule has 0 bridgehead atoms. The number of carbonyl (C=O) groups is 2. The van der Waals surface area contributed by atoms with Gasteiger partial charge in [-0.15, -0.1) is 0 Å². The van der Waals surface area contributed by atoms with E-state index in [1.54, 1.807) is 13.8 Å². The molecule has 2 aromatic rings. The number of hydrogen-bond acceptors (Lipinski definition) is 2. The van der Waals surface area contributed by atoms with Crippen molar-refractivity contribution in [3.8, 4) is 0 Å². The topological polar surface area (TPSA) is 66.4 Å². The number of carbonyl (C=O) groups excluding carboxylic acids is 1. The Kier molecular flexibility index (Phi) is 4.50. The van der Waals surface area contributed by atoms with Gasteiger partial charge in [-0.05, 0) is 43.2 Å². The molecule has 0 aromatic heterocycles. The molecule has 0 aliphatic heterocycles. The first-order valence-corrected chi connectivity index (χ1v) is 7.31. The van der Waals surface area contributed by atoms with E-state index >= 15 is 0 Å². The van der Waals surface area contributed by atoms with Crippen LogP contribution in [0.15, 0.2) is 42.5 Å². The number of amides is 1. The molecule has 0 aliphatic rings. The minimum Gasteiger partial charge on any atom is -0.481 e. The summed E-state index contributed by atoms with van der Waals surface area (Å²) in [6.45, 7) is 5.00. The van der Waals surface area contributed by atoms with E-state index < -0.39 is 11.4 Å². The Labute approximate surface area is 130 Å². The van der Waals surface area contributed by atoms with E-state index in [0.29, 0.717) is 0 Å². The van der Waals surface area contributed by atoms with E-state index in [2.05, 4.69) is 5.32 Å². The Bertz CT molecular complexity index is 706. The van der Waals surface area contributed by atoms with E-state index in [0.717, 1.165) is 16.3 Å². The van der Waals surface area contributed by atoms with Crippen molar-refractivity contribution in [3.05, 3.63) is 48.0 Å². The number of carboxylic acids is 1. The third-order valence-electron chi connectivity index (χ3n) is 3.83. The summed E-state index contributed by atoms with van der Waals surface area (Å²) in [7, 11) is 0. The summed E-state index contributed by atoms with van der Waals surface area (Å²) in [6.07, 6.45) is -0.0414. The minimum atomic E-state index is -1.06. The molecule has 116 valence electrons. The summed E-state index contributed by atoms with van der Waals surface area (Å²) in [5.41, 5.74) is -0.0621. The van der Waals surface area contributed by atoms with Gasteiger partial charge in [0.2, 0.25) is 5.91 Å². The minimum absolute atomic E-state index is 0.0414. The summed E-state index contributed by atoms with van der Waals surface area (Å²) in [6, 6.07) is 13.9. The van der Waals surface area contributed by atoms with Gasteiger partial charge < -0.3 is 10.4 Å². The third kappa shape index (κ3) is 3.64. The number of benzene rings is 2. The quantitative estimate of drug-likeness (QED) is 0.887. The van der Waals surface area contributed by atoms with Gasteiger partial charge in [0.1, 0.15) is 0 Å². The van der Waals surface area contributed by atoms with Gasteiger partial charge in [-0.1, -0.05) is 36.4 Å². The van der Waals surface area contributed by atoms with Crippen LogP contribution in [0.1, 0.15) is 38.8 Å². The van der Waals surface area contributed by atoms with Crippen LogP contribution in [0.5, 0.6) is 0 Å². The molecule has 22 heavy (non-hydrogen) atoms. The molecule has 1 atom stereocenters. The molecule has 0 radical (unpaired) electrons. The first-order chi connectivity index (χ1) is 10.3. The Balaban J connectivity index is 2.08. The Morgan fingerprint density at radius 2 is 1.77 bits per heavy atom. The third-order valence-corrected chi connectivity index (χ3v) is 3.83. The first kappa shape index (κ1) is 16.0. The summed E-state index contributed by atoms with van der Waals surface area (Å²) in [5, 5.41) is 14.2. The Morgan fingerprint density at radius 3 is 2.41 bits per heavy atom. The van der Waals surface area contributed by atoms with Gasteiger partial charge in [-0.25, -0.2) is 0 Å². The summed E-state index contributed by atoms with van der Waals surface area (Å²) in [4.78, 5) is 23.1. The molecule has 0 fully saturated rings. The zero-order valence-corrected chi connectivity index (χ0v) is 13.1. The van der Waals surface area contributed by atoms with Crippen molar-refractivity contribution < 1.29 is 14.7 Å². The second kappa shape index (κ2) is 6.18. The molecule has 0 aliphatic carbocycles. The van der Waals surface area contributed by atoms with Crippen molar-refractivity contribution in [1.82, 2.24) is 5.32 Å². The molecule has 2 rings (SSSR count). The number of nitrogens with one attached hydrogen (secondary N) is 1. The fourth-order valence-electron chi connectivity index (χ4n) is 2.33. The monoisotopic (exact) mass is 299 g/mol. The van der Waals surface area contributed by atoms with Crippen LogP contribution in [0.25, 0.3) is 10.8 Å². The lowest BCUT2D eigenvalue weighted by Crippen LogP contribution is -2.34. The highest BCUT2D eigenvalue weighted by atomic mass is 16.4. The second-order valence-corrected chi connectivity index (χ2v) is 6.26. The lowest BCUT2D eigenvalue weighted by molar-refractivity contribution is -0.149. The SMILES string of the molecule is CC(NC(=O)CC(C)(C)C(=O)O)c1ccc2ccccc2c1. The molecule has 0 spiro atoms. The number of fused-ring (bicyclic) bond motifs is 1. The van der Waals surface area contributed by atoms with Gasteiger partial charge in [0, 0.05) is 6.42 Å². The molecule has 1 amide bonds. The maximum atomic E-state index is 12.0. The lowest BCUT2D eigenvalue weighted by atomic mass is 9.89. The number of carboxylic acid groups (broad SMARTS) is 1. The molecule has 0 heterocycles. The summed E-state index contributed by atoms with van der Waals surface area (Å²) >= 11 is 0. The highest BCUT2D eigenvalue weighted by Crippen LogP contribution is 2.23. The smallest absolute Gasteiger partial charge is 0.309 e. The zero-order valence-electron chi connectivity index (χ0n) is 13.1. The highest BCUT2D eigenvalue weighted by Gasteiger charge is 2.30. The van der Waals surface area contributed by atoms with Crippen molar-refractivity contribution in [2.24, 2.45) is 5.41 Å². The van der Waals surface area contributed by atoms with Crippen LogP contribution in [0, 0.1) is 5.41 Å². The predicted molar refractivity (Wildman–Crippen MR) is 86.5 cm³/mol. The fourth-order valence-corrected chi connectivity index (χ4v) is 2.33. The standard InChI is InChI=1S/C18H21NO3/c1-12(19-16(20)11-18(2,3)17(21)22)14-9-8-13-6-4-5-7-15(13)10-14/h4-10,12H,11H2,1-3H3,(H,19,20)(H,21,22).